The molecule has 2 fully saturated rings. The van der Waals surface area contributed by atoms with E-state index in [1.807, 2.05) is 30.0 Å². The monoisotopic (exact) mass is 378 g/mol. The highest BCUT2D eigenvalue weighted by Gasteiger charge is 2.33. The van der Waals surface area contributed by atoms with Crippen LogP contribution in [0.2, 0.25) is 0 Å². The van der Waals surface area contributed by atoms with Crippen LogP contribution in [0.4, 0.5) is 5.69 Å². The number of rotatable bonds is 3. The first-order chi connectivity index (χ1) is 11.0. The summed E-state index contributed by atoms with van der Waals surface area (Å²) in [6, 6.07) is 5.85. The Balaban J connectivity index is 1.52. The van der Waals surface area contributed by atoms with E-state index in [2.05, 4.69) is 21.2 Å². The van der Waals surface area contributed by atoms with E-state index >= 15 is 0 Å². The van der Waals surface area contributed by atoms with E-state index in [0.29, 0.717) is 19.0 Å². The predicted octanol–water partition coefficient (Wildman–Crippen LogP) is 3.73. The lowest BCUT2D eigenvalue weighted by Gasteiger charge is -2.36. The molecule has 1 aromatic carbocycles. The molecule has 0 aromatic heterocycles. The van der Waals surface area contributed by atoms with Gasteiger partial charge in [-0.1, -0.05) is 22.4 Å². The van der Waals surface area contributed by atoms with Crippen LogP contribution < -0.4 is 5.32 Å². The molecule has 1 aromatic rings. The Hall–Kier alpha value is -1.36. The number of hydrogen-bond acceptors (Lipinski definition) is 2. The molecular weight excluding hydrogens is 356 g/mol. The minimum absolute atomic E-state index is 0.00323. The Bertz CT molecular complexity index is 605. The number of piperidine rings is 1. The molecule has 0 spiro atoms. The van der Waals surface area contributed by atoms with E-state index in [4.69, 9.17) is 0 Å². The summed E-state index contributed by atoms with van der Waals surface area (Å²) in [5, 5.41) is 3.03. The fraction of sp³-hybridized carbons (Fsp3) is 0.556. The zero-order valence-electron chi connectivity index (χ0n) is 13.5. The number of likely N-dealkylation sites (tertiary alicyclic amines) is 1. The van der Waals surface area contributed by atoms with E-state index in [0.717, 1.165) is 41.4 Å². The number of anilines is 1. The van der Waals surface area contributed by atoms with Crippen LogP contribution in [-0.4, -0.2) is 29.8 Å². The van der Waals surface area contributed by atoms with Crippen molar-refractivity contribution in [2.75, 3.05) is 18.4 Å². The van der Waals surface area contributed by atoms with E-state index < -0.39 is 0 Å². The summed E-state index contributed by atoms with van der Waals surface area (Å²) in [4.78, 5) is 26.7. The number of halogens is 1. The van der Waals surface area contributed by atoms with Gasteiger partial charge in [0.2, 0.25) is 11.8 Å². The van der Waals surface area contributed by atoms with Gasteiger partial charge in [0.1, 0.15) is 0 Å². The molecule has 0 bridgehead atoms. The summed E-state index contributed by atoms with van der Waals surface area (Å²) in [7, 11) is 0. The third kappa shape index (κ3) is 3.77. The van der Waals surface area contributed by atoms with Crippen LogP contribution >= 0.6 is 15.9 Å². The van der Waals surface area contributed by atoms with Gasteiger partial charge in [0.25, 0.3) is 0 Å². The van der Waals surface area contributed by atoms with E-state index in [-0.39, 0.29) is 17.7 Å². The van der Waals surface area contributed by atoms with Crippen molar-refractivity contribution >= 4 is 33.4 Å². The molecule has 1 aliphatic heterocycles. The van der Waals surface area contributed by atoms with E-state index in [1.54, 1.807) is 0 Å². The van der Waals surface area contributed by atoms with Gasteiger partial charge >= 0.3 is 0 Å². The molecule has 3 rings (SSSR count). The van der Waals surface area contributed by atoms with E-state index in [1.165, 1.54) is 6.42 Å². The lowest BCUT2D eigenvalue weighted by Crippen LogP contribution is -2.45. The summed E-state index contributed by atoms with van der Waals surface area (Å²) in [5.41, 5.74) is 1.91. The van der Waals surface area contributed by atoms with Crippen molar-refractivity contribution < 1.29 is 9.59 Å². The Morgan fingerprint density at radius 3 is 2.39 bits per heavy atom. The summed E-state index contributed by atoms with van der Waals surface area (Å²) < 4.78 is 1.01. The Labute approximate surface area is 145 Å². The highest BCUT2D eigenvalue weighted by Crippen LogP contribution is 2.30. The first-order valence-corrected chi connectivity index (χ1v) is 9.19. The zero-order chi connectivity index (χ0) is 16.4. The predicted molar refractivity (Wildman–Crippen MR) is 94.2 cm³/mol. The third-order valence-corrected chi connectivity index (χ3v) is 5.57. The molecule has 0 unspecified atom stereocenters. The SMILES string of the molecule is Cc1cc(Br)ccc1NC(=O)C1CCN(C(=O)C2CCC2)CC1. The van der Waals surface area contributed by atoms with Gasteiger partial charge in [-0.3, -0.25) is 9.59 Å². The van der Waals surface area contributed by atoms with Crippen LogP contribution in [0.15, 0.2) is 22.7 Å². The van der Waals surface area contributed by atoms with Crippen LogP contribution in [0.25, 0.3) is 0 Å². The third-order valence-electron chi connectivity index (χ3n) is 5.08. The molecular formula is C18H23BrN2O2. The number of nitrogens with zero attached hydrogens (tertiary/aromatic N) is 1. The normalized spacial score (nSPS) is 19.3. The molecule has 23 heavy (non-hydrogen) atoms. The Morgan fingerprint density at radius 1 is 1.13 bits per heavy atom. The van der Waals surface area contributed by atoms with Gasteiger partial charge in [0.15, 0.2) is 0 Å². The van der Waals surface area contributed by atoms with Crippen molar-refractivity contribution in [1.29, 1.82) is 0 Å². The minimum atomic E-state index is 0.00323. The number of nitrogens with one attached hydrogen (secondary N) is 1. The molecule has 1 saturated carbocycles. The van der Waals surface area contributed by atoms with E-state index in [9.17, 15) is 9.59 Å². The van der Waals surface area contributed by atoms with Crippen molar-refractivity contribution in [1.82, 2.24) is 4.90 Å². The largest absolute Gasteiger partial charge is 0.342 e. The second-order valence-electron chi connectivity index (χ2n) is 6.68. The second-order valence-corrected chi connectivity index (χ2v) is 7.59. The molecule has 0 radical (unpaired) electrons. The maximum Gasteiger partial charge on any atom is 0.227 e. The number of carbonyl (C=O) groups is 2. The average molecular weight is 379 g/mol. The van der Waals surface area contributed by atoms with Crippen LogP contribution in [0.1, 0.15) is 37.7 Å². The highest BCUT2D eigenvalue weighted by atomic mass is 79.9. The van der Waals surface area contributed by atoms with Gasteiger partial charge in [-0.15, -0.1) is 0 Å². The summed E-state index contributed by atoms with van der Waals surface area (Å²) in [6.45, 7) is 3.42. The van der Waals surface area contributed by atoms with Gasteiger partial charge < -0.3 is 10.2 Å². The minimum Gasteiger partial charge on any atom is -0.342 e. The van der Waals surface area contributed by atoms with Crippen LogP contribution in [0.3, 0.4) is 0 Å². The zero-order valence-corrected chi connectivity index (χ0v) is 15.1. The van der Waals surface area contributed by atoms with Crippen molar-refractivity contribution in [2.45, 2.75) is 39.0 Å². The van der Waals surface area contributed by atoms with Crippen molar-refractivity contribution in [3.05, 3.63) is 28.2 Å². The highest BCUT2D eigenvalue weighted by molar-refractivity contribution is 9.10. The second kappa shape index (κ2) is 7.04. The molecule has 0 atom stereocenters. The lowest BCUT2D eigenvalue weighted by molar-refractivity contribution is -0.140. The van der Waals surface area contributed by atoms with Gasteiger partial charge in [0, 0.05) is 35.1 Å². The summed E-state index contributed by atoms with van der Waals surface area (Å²) >= 11 is 3.43. The number of benzene rings is 1. The number of amides is 2. The van der Waals surface area contributed by atoms with Crippen LogP contribution in [-0.2, 0) is 9.59 Å². The first kappa shape index (κ1) is 16.5. The number of hydrogen-bond donors (Lipinski definition) is 1. The van der Waals surface area contributed by atoms with Crippen LogP contribution in [0.5, 0.6) is 0 Å². The summed E-state index contributed by atoms with van der Waals surface area (Å²) in [6.07, 6.45) is 4.80. The number of carbonyl (C=O) groups excluding carboxylic acids is 2. The molecule has 2 aliphatic rings. The average Bonchev–Trinajstić information content (AvgIpc) is 2.48. The van der Waals surface area contributed by atoms with Gasteiger partial charge in [-0.05, 0) is 56.4 Å². The smallest absolute Gasteiger partial charge is 0.227 e. The molecule has 1 saturated heterocycles. The number of aryl methyl sites for hydroxylation is 1. The van der Waals surface area contributed by atoms with Gasteiger partial charge in [-0.25, -0.2) is 0 Å². The van der Waals surface area contributed by atoms with Crippen molar-refractivity contribution in [3.8, 4) is 0 Å². The molecule has 1 heterocycles. The Morgan fingerprint density at radius 2 is 1.83 bits per heavy atom. The maximum atomic E-state index is 12.5. The van der Waals surface area contributed by atoms with Crippen molar-refractivity contribution in [3.63, 3.8) is 0 Å². The van der Waals surface area contributed by atoms with Crippen molar-refractivity contribution in [2.24, 2.45) is 11.8 Å². The first-order valence-electron chi connectivity index (χ1n) is 8.40. The quantitative estimate of drug-likeness (QED) is 0.870. The molecule has 1 aliphatic carbocycles. The molecule has 1 N–H and O–H groups in total. The maximum absolute atomic E-state index is 12.5. The topological polar surface area (TPSA) is 49.4 Å². The molecule has 2 amide bonds. The van der Waals surface area contributed by atoms with Gasteiger partial charge in [-0.2, -0.15) is 0 Å². The summed E-state index contributed by atoms with van der Waals surface area (Å²) in [5.74, 6) is 0.638. The molecule has 5 heteroatoms. The van der Waals surface area contributed by atoms with Gasteiger partial charge in [0.05, 0.1) is 0 Å². The fourth-order valence-electron chi connectivity index (χ4n) is 3.28. The lowest BCUT2D eigenvalue weighted by atomic mass is 9.83. The molecule has 4 nitrogen and oxygen atoms in total. The standard InChI is InChI=1S/C18H23BrN2O2/c1-12-11-15(19)5-6-16(12)20-17(22)13-7-9-21(10-8-13)18(23)14-3-2-4-14/h5-6,11,13-14H,2-4,7-10H2,1H3,(H,20,22). The van der Waals surface area contributed by atoms with Crippen LogP contribution in [0, 0.1) is 18.8 Å². The molecule has 124 valence electrons. The Kier molecular flexibility index (Phi) is 5.05. The fourth-order valence-corrected chi connectivity index (χ4v) is 3.75.